The molecule has 0 saturated heterocycles. The van der Waals surface area contributed by atoms with Gasteiger partial charge in [0, 0.05) is 18.5 Å². The van der Waals surface area contributed by atoms with Crippen LogP contribution in [-0.2, 0) is 6.54 Å². The predicted octanol–water partition coefficient (Wildman–Crippen LogP) is 2.79. The Hall–Kier alpha value is -2.96. The van der Waals surface area contributed by atoms with Crippen LogP contribution in [0.5, 0.6) is 0 Å². The van der Waals surface area contributed by atoms with E-state index in [9.17, 15) is 9.59 Å². The van der Waals surface area contributed by atoms with E-state index in [0.29, 0.717) is 30.0 Å². The van der Waals surface area contributed by atoms with Crippen LogP contribution in [0.3, 0.4) is 0 Å². The van der Waals surface area contributed by atoms with Crippen molar-refractivity contribution in [1.82, 2.24) is 19.7 Å². The molecule has 1 aliphatic heterocycles. The molecule has 1 aromatic carbocycles. The van der Waals surface area contributed by atoms with Gasteiger partial charge >= 0.3 is 0 Å². The Kier molecular flexibility index (Phi) is 3.47. The average molecular weight is 364 g/mol. The van der Waals surface area contributed by atoms with Gasteiger partial charge in [-0.2, -0.15) is 0 Å². The first kappa shape index (κ1) is 16.2. The topological polar surface area (TPSA) is 81.2 Å². The molecule has 0 radical (unpaired) electrons. The number of rotatable bonds is 2. The maximum Gasteiger partial charge on any atom is 0.290 e. The van der Waals surface area contributed by atoms with E-state index >= 15 is 0 Å². The summed E-state index contributed by atoms with van der Waals surface area (Å²) >= 11 is 0. The monoisotopic (exact) mass is 364 g/mol. The van der Waals surface area contributed by atoms with Crippen molar-refractivity contribution in [2.24, 2.45) is 0 Å². The molecule has 27 heavy (non-hydrogen) atoms. The fraction of sp³-hybridized carbons (Fsp3) is 0.400. The van der Waals surface area contributed by atoms with Gasteiger partial charge in [0.05, 0.1) is 18.0 Å². The highest BCUT2D eigenvalue weighted by molar-refractivity contribution is 5.93. The summed E-state index contributed by atoms with van der Waals surface area (Å²) in [6.45, 7) is 4.90. The third-order valence-electron chi connectivity index (χ3n) is 5.38. The highest BCUT2D eigenvalue weighted by atomic mass is 16.3. The maximum absolute atomic E-state index is 13.0. The van der Waals surface area contributed by atoms with Gasteiger partial charge in [0.1, 0.15) is 11.4 Å². The average Bonchev–Trinajstić information content (AvgIpc) is 3.39. The number of aryl methyl sites for hydroxylation is 1. The van der Waals surface area contributed by atoms with Crippen LogP contribution in [0.1, 0.15) is 59.5 Å². The van der Waals surface area contributed by atoms with Gasteiger partial charge in [-0.15, -0.1) is 10.2 Å². The first-order valence-corrected chi connectivity index (χ1v) is 9.28. The molecule has 2 aromatic heterocycles. The number of aromatic nitrogens is 3. The van der Waals surface area contributed by atoms with Gasteiger partial charge < -0.3 is 13.9 Å². The van der Waals surface area contributed by atoms with E-state index in [-0.39, 0.29) is 23.1 Å². The van der Waals surface area contributed by atoms with Crippen LogP contribution in [0.2, 0.25) is 0 Å². The van der Waals surface area contributed by atoms with Crippen LogP contribution in [0.25, 0.3) is 11.0 Å². The highest BCUT2D eigenvalue weighted by Crippen LogP contribution is 2.41. The van der Waals surface area contributed by atoms with Gasteiger partial charge in [-0.25, -0.2) is 0 Å². The molecule has 0 N–H and O–H groups in total. The summed E-state index contributed by atoms with van der Waals surface area (Å²) in [5.41, 5.74) is 1.21. The minimum Gasteiger partial charge on any atom is -0.451 e. The number of carbonyl (C=O) groups excluding carboxylic acids is 1. The van der Waals surface area contributed by atoms with Crippen molar-refractivity contribution in [2.75, 3.05) is 6.54 Å². The summed E-state index contributed by atoms with van der Waals surface area (Å²) in [5.74, 6) is 2.13. The third-order valence-corrected chi connectivity index (χ3v) is 5.38. The zero-order valence-corrected chi connectivity index (χ0v) is 15.3. The predicted molar refractivity (Wildman–Crippen MR) is 98.7 cm³/mol. The van der Waals surface area contributed by atoms with Crippen molar-refractivity contribution >= 4 is 16.9 Å². The van der Waals surface area contributed by atoms with E-state index in [1.807, 2.05) is 13.0 Å². The van der Waals surface area contributed by atoms with Crippen LogP contribution in [-0.4, -0.2) is 32.1 Å². The molecule has 7 nitrogen and oxygen atoms in total. The van der Waals surface area contributed by atoms with Crippen LogP contribution >= 0.6 is 0 Å². The molecule has 0 spiro atoms. The second kappa shape index (κ2) is 5.77. The molecule has 138 valence electrons. The highest BCUT2D eigenvalue weighted by Gasteiger charge is 2.36. The normalized spacial score (nSPS) is 19.3. The lowest BCUT2D eigenvalue weighted by Crippen LogP contribution is -2.41. The molecule has 3 aromatic rings. The molecule has 1 amide bonds. The van der Waals surface area contributed by atoms with E-state index in [1.54, 1.807) is 17.0 Å². The van der Waals surface area contributed by atoms with Gasteiger partial charge in [0.25, 0.3) is 5.91 Å². The number of hydrogen-bond donors (Lipinski definition) is 0. The zero-order chi connectivity index (χ0) is 18.7. The summed E-state index contributed by atoms with van der Waals surface area (Å²) in [6, 6.07) is 6.76. The number of nitrogens with zero attached hydrogens (tertiary/aromatic N) is 4. The van der Waals surface area contributed by atoms with Gasteiger partial charge in [0.15, 0.2) is 17.0 Å². The molecule has 3 heterocycles. The second-order valence-electron chi connectivity index (χ2n) is 7.63. The quantitative estimate of drug-likeness (QED) is 0.698. The van der Waals surface area contributed by atoms with E-state index in [1.165, 1.54) is 6.07 Å². The van der Waals surface area contributed by atoms with Gasteiger partial charge in [-0.1, -0.05) is 6.07 Å². The van der Waals surface area contributed by atoms with Gasteiger partial charge in [0.2, 0.25) is 0 Å². The lowest BCUT2D eigenvalue weighted by molar-refractivity contribution is 0.0648. The van der Waals surface area contributed by atoms with Crippen molar-refractivity contribution in [1.29, 1.82) is 0 Å². The van der Waals surface area contributed by atoms with Crippen LogP contribution < -0.4 is 5.43 Å². The lowest BCUT2D eigenvalue weighted by atomic mass is 10.1. The van der Waals surface area contributed by atoms with Crippen molar-refractivity contribution in [3.63, 3.8) is 0 Å². The van der Waals surface area contributed by atoms with Crippen molar-refractivity contribution < 1.29 is 9.21 Å². The first-order chi connectivity index (χ1) is 13.0. The Bertz CT molecular complexity index is 1130. The number of hydrogen-bond acceptors (Lipinski definition) is 5. The molecule has 1 atom stereocenters. The fourth-order valence-electron chi connectivity index (χ4n) is 3.86. The first-order valence-electron chi connectivity index (χ1n) is 9.28. The number of carbonyl (C=O) groups is 1. The Morgan fingerprint density at radius 3 is 2.81 bits per heavy atom. The van der Waals surface area contributed by atoms with Crippen LogP contribution in [0, 0.1) is 6.92 Å². The number of fused-ring (bicyclic) bond motifs is 2. The number of amides is 1. The van der Waals surface area contributed by atoms with E-state index < -0.39 is 0 Å². The summed E-state index contributed by atoms with van der Waals surface area (Å²) in [5, 5.41) is 9.13. The minimum absolute atomic E-state index is 0.0701. The van der Waals surface area contributed by atoms with Crippen LogP contribution in [0.15, 0.2) is 33.5 Å². The summed E-state index contributed by atoms with van der Waals surface area (Å²) in [7, 11) is 0. The third kappa shape index (κ3) is 2.65. The molecule has 7 heteroatoms. The molecule has 1 aliphatic carbocycles. The summed E-state index contributed by atoms with van der Waals surface area (Å²) < 4.78 is 7.95. The van der Waals surface area contributed by atoms with E-state index in [4.69, 9.17) is 4.42 Å². The Labute approximate surface area is 155 Å². The van der Waals surface area contributed by atoms with Gasteiger partial charge in [-0.05, 0) is 44.4 Å². The molecular weight excluding hydrogens is 344 g/mol. The van der Waals surface area contributed by atoms with E-state index in [2.05, 4.69) is 21.7 Å². The van der Waals surface area contributed by atoms with Crippen molar-refractivity contribution in [3.8, 4) is 0 Å². The Balaban J connectivity index is 1.49. The molecule has 1 fully saturated rings. The van der Waals surface area contributed by atoms with E-state index in [0.717, 1.165) is 30.1 Å². The molecule has 5 rings (SSSR count). The Morgan fingerprint density at radius 1 is 1.22 bits per heavy atom. The maximum atomic E-state index is 13.0. The Morgan fingerprint density at radius 2 is 2.04 bits per heavy atom. The molecule has 0 unspecified atom stereocenters. The number of benzene rings is 1. The lowest BCUT2D eigenvalue weighted by Gasteiger charge is -2.32. The van der Waals surface area contributed by atoms with Crippen molar-refractivity contribution in [3.05, 3.63) is 57.5 Å². The summed E-state index contributed by atoms with van der Waals surface area (Å²) in [4.78, 5) is 27.1. The SMILES string of the molecule is Cc1ccc2c(=O)cc(C(=O)N3Cc4nnc(C5CC5)n4[C@@H](C)C3)oc2c1. The van der Waals surface area contributed by atoms with Crippen molar-refractivity contribution in [2.45, 2.75) is 45.2 Å². The largest absolute Gasteiger partial charge is 0.451 e. The smallest absolute Gasteiger partial charge is 0.290 e. The van der Waals surface area contributed by atoms with Crippen LogP contribution in [0.4, 0.5) is 0 Å². The van der Waals surface area contributed by atoms with Gasteiger partial charge in [-0.3, -0.25) is 9.59 Å². The molecule has 1 saturated carbocycles. The molecular formula is C20H20N4O3. The summed E-state index contributed by atoms with van der Waals surface area (Å²) in [6.07, 6.45) is 2.32. The zero-order valence-electron chi connectivity index (χ0n) is 15.3. The molecule has 0 bridgehead atoms. The minimum atomic E-state index is -0.287. The fourth-order valence-corrected chi connectivity index (χ4v) is 3.86. The second-order valence-corrected chi connectivity index (χ2v) is 7.63. The standard InChI is InChI=1S/C20H20N4O3/c1-11-3-6-14-15(25)8-17(27-16(14)7-11)20(26)23-9-12(2)24-18(10-23)21-22-19(24)13-4-5-13/h3,6-8,12-13H,4-5,9-10H2,1-2H3/t12-/m0/s1. The molecule has 2 aliphatic rings.